The van der Waals surface area contributed by atoms with Gasteiger partial charge in [-0.2, -0.15) is 0 Å². The molecule has 212 valence electrons. The molecule has 0 atom stereocenters. The topological polar surface area (TPSA) is 139 Å². The maximum Gasteiger partial charge on any atom is 0.371 e. The Hall–Kier alpha value is -5.29. The Bertz CT molecular complexity index is 1690. The van der Waals surface area contributed by atoms with Gasteiger partial charge >= 0.3 is 11.9 Å². The van der Waals surface area contributed by atoms with Crippen LogP contribution < -0.4 is 9.47 Å². The van der Waals surface area contributed by atoms with E-state index in [1.54, 1.807) is 41.3 Å². The van der Waals surface area contributed by atoms with Crippen molar-refractivity contribution >= 4 is 46.5 Å². The zero-order chi connectivity index (χ0) is 29.6. The van der Waals surface area contributed by atoms with Gasteiger partial charge in [0.05, 0.1) is 29.8 Å². The predicted octanol–water partition coefficient (Wildman–Crippen LogP) is 6.07. The van der Waals surface area contributed by atoms with Gasteiger partial charge < -0.3 is 24.1 Å². The van der Waals surface area contributed by atoms with E-state index in [0.29, 0.717) is 38.6 Å². The zero-order valence-electron chi connectivity index (χ0n) is 22.2. The summed E-state index contributed by atoms with van der Waals surface area (Å²) < 4.78 is 16.5. The van der Waals surface area contributed by atoms with Crippen LogP contribution in [-0.2, 0) is 17.9 Å². The van der Waals surface area contributed by atoms with Crippen molar-refractivity contribution in [2.45, 2.75) is 13.2 Å². The average molecular weight is 585 g/mol. The molecule has 42 heavy (non-hydrogen) atoms. The van der Waals surface area contributed by atoms with Crippen molar-refractivity contribution < 1.29 is 38.5 Å². The minimum absolute atomic E-state index is 0.000127. The lowest BCUT2D eigenvalue weighted by Crippen LogP contribution is -2.28. The standard InChI is InChI=1S/C31H24N2O8S/c1-39-26-15-20(9-13-24(26)40-18-23-12-14-25(41-23)30(37)38)16-27-28(34)33(17-19-7-10-21(11-8-19)29(35)36)31(42-27)32-22-5-3-2-4-6-22/h2-16H,17-18H2,1H3,(H,35,36)(H,37,38)/b27-16-,32-31?. The van der Waals surface area contributed by atoms with Crippen LogP contribution in [0.4, 0.5) is 5.69 Å². The fourth-order valence-electron chi connectivity index (χ4n) is 4.04. The Kier molecular flexibility index (Phi) is 8.39. The molecule has 11 heteroatoms. The van der Waals surface area contributed by atoms with Gasteiger partial charge in [-0.05, 0) is 77.5 Å². The maximum absolute atomic E-state index is 13.6. The van der Waals surface area contributed by atoms with E-state index in [0.717, 1.165) is 5.56 Å². The Morgan fingerprint density at radius 2 is 1.71 bits per heavy atom. The monoisotopic (exact) mass is 584 g/mol. The van der Waals surface area contributed by atoms with Gasteiger partial charge in [-0.3, -0.25) is 9.69 Å². The molecule has 1 aliphatic heterocycles. The zero-order valence-corrected chi connectivity index (χ0v) is 23.0. The summed E-state index contributed by atoms with van der Waals surface area (Å²) in [5, 5.41) is 18.7. The number of aliphatic imine (C=N–C) groups is 1. The van der Waals surface area contributed by atoms with Gasteiger partial charge in [-0.25, -0.2) is 14.6 Å². The van der Waals surface area contributed by atoms with E-state index >= 15 is 0 Å². The van der Waals surface area contributed by atoms with Crippen molar-refractivity contribution in [1.29, 1.82) is 0 Å². The van der Waals surface area contributed by atoms with Crippen LogP contribution in [-0.4, -0.2) is 45.2 Å². The highest BCUT2D eigenvalue weighted by molar-refractivity contribution is 8.18. The highest BCUT2D eigenvalue weighted by Gasteiger charge is 2.33. The molecule has 1 aliphatic rings. The molecular formula is C31H24N2O8S. The normalized spacial score (nSPS) is 14.9. The van der Waals surface area contributed by atoms with Crippen LogP contribution in [0.2, 0.25) is 0 Å². The van der Waals surface area contributed by atoms with Gasteiger partial charge in [0.2, 0.25) is 5.76 Å². The van der Waals surface area contributed by atoms with Gasteiger partial charge in [0.1, 0.15) is 12.4 Å². The molecule has 10 nitrogen and oxygen atoms in total. The quantitative estimate of drug-likeness (QED) is 0.213. The van der Waals surface area contributed by atoms with Crippen molar-refractivity contribution in [3.63, 3.8) is 0 Å². The lowest BCUT2D eigenvalue weighted by atomic mass is 10.1. The molecule has 0 bridgehead atoms. The van der Waals surface area contributed by atoms with Crippen LogP contribution >= 0.6 is 11.8 Å². The van der Waals surface area contributed by atoms with Gasteiger partial charge in [-0.15, -0.1) is 0 Å². The number of carboxylic acid groups (broad SMARTS) is 2. The number of amides is 1. The van der Waals surface area contributed by atoms with Crippen LogP contribution in [0.15, 0.2) is 99.2 Å². The summed E-state index contributed by atoms with van der Waals surface area (Å²) in [5.74, 6) is -1.44. The second-order valence-electron chi connectivity index (χ2n) is 9.00. The lowest BCUT2D eigenvalue weighted by molar-refractivity contribution is -0.122. The number of ether oxygens (including phenoxy) is 2. The van der Waals surface area contributed by atoms with E-state index < -0.39 is 11.9 Å². The molecule has 1 aromatic heterocycles. The summed E-state index contributed by atoms with van der Waals surface area (Å²) in [7, 11) is 1.49. The number of rotatable bonds is 10. The number of carboxylic acids is 2. The number of para-hydroxylation sites is 1. The molecule has 4 aromatic rings. The number of furan rings is 1. The minimum Gasteiger partial charge on any atom is -0.493 e. The molecule has 1 saturated heterocycles. The molecule has 3 aromatic carbocycles. The molecular weight excluding hydrogens is 560 g/mol. The van der Waals surface area contributed by atoms with Crippen molar-refractivity contribution in [1.82, 2.24) is 4.90 Å². The number of thioether (sulfide) groups is 1. The summed E-state index contributed by atoms with van der Waals surface area (Å²) in [4.78, 5) is 42.5. The molecule has 5 rings (SSSR count). The Balaban J connectivity index is 1.38. The highest BCUT2D eigenvalue weighted by Crippen LogP contribution is 2.37. The van der Waals surface area contributed by atoms with Crippen LogP contribution in [0.3, 0.4) is 0 Å². The Morgan fingerprint density at radius 3 is 2.38 bits per heavy atom. The Labute approximate surface area is 244 Å². The second-order valence-corrected chi connectivity index (χ2v) is 10.0. The number of aromatic carboxylic acids is 2. The van der Waals surface area contributed by atoms with Crippen LogP contribution in [0.25, 0.3) is 6.08 Å². The first kappa shape index (κ1) is 28.2. The predicted molar refractivity (Wildman–Crippen MR) is 156 cm³/mol. The summed E-state index contributed by atoms with van der Waals surface area (Å²) in [6.07, 6.45) is 1.74. The van der Waals surface area contributed by atoms with Gasteiger partial charge in [0, 0.05) is 0 Å². The fourth-order valence-corrected chi connectivity index (χ4v) is 5.04. The van der Waals surface area contributed by atoms with Crippen LogP contribution in [0.5, 0.6) is 11.5 Å². The van der Waals surface area contributed by atoms with Crippen molar-refractivity contribution in [2.75, 3.05) is 7.11 Å². The van der Waals surface area contributed by atoms with E-state index in [-0.39, 0.29) is 30.4 Å². The summed E-state index contributed by atoms with van der Waals surface area (Å²) in [6, 6.07) is 23.7. The SMILES string of the molecule is COc1cc(/C=C2\SC(=Nc3ccccc3)N(Cc3ccc(C(=O)O)cc3)C2=O)ccc1OCc1ccc(C(=O)O)o1. The van der Waals surface area contributed by atoms with Gasteiger partial charge in [0.15, 0.2) is 16.7 Å². The minimum atomic E-state index is -1.16. The molecule has 0 saturated carbocycles. The first-order chi connectivity index (χ1) is 20.3. The van der Waals surface area contributed by atoms with Crippen molar-refractivity contribution in [3.8, 4) is 11.5 Å². The van der Waals surface area contributed by atoms with E-state index in [1.807, 2.05) is 30.3 Å². The first-order valence-electron chi connectivity index (χ1n) is 12.6. The molecule has 2 heterocycles. The highest BCUT2D eigenvalue weighted by atomic mass is 32.2. The summed E-state index contributed by atoms with van der Waals surface area (Å²) >= 11 is 1.23. The number of methoxy groups -OCH3 is 1. The molecule has 0 unspecified atom stereocenters. The number of benzene rings is 3. The number of carbonyl (C=O) groups excluding carboxylic acids is 1. The maximum atomic E-state index is 13.6. The van der Waals surface area contributed by atoms with Gasteiger partial charge in [-0.1, -0.05) is 36.4 Å². The Morgan fingerprint density at radius 1 is 0.952 bits per heavy atom. The van der Waals surface area contributed by atoms with E-state index in [1.165, 1.54) is 43.1 Å². The van der Waals surface area contributed by atoms with E-state index in [2.05, 4.69) is 0 Å². The fraction of sp³-hybridized carbons (Fsp3) is 0.0968. The molecule has 0 aliphatic carbocycles. The lowest BCUT2D eigenvalue weighted by Gasteiger charge is -2.16. The van der Waals surface area contributed by atoms with Gasteiger partial charge in [0.25, 0.3) is 5.91 Å². The van der Waals surface area contributed by atoms with Crippen molar-refractivity contribution in [3.05, 3.63) is 118 Å². The van der Waals surface area contributed by atoms with E-state index in [9.17, 15) is 19.5 Å². The summed E-state index contributed by atoms with van der Waals surface area (Å²) in [6.45, 7) is 0.210. The third-order valence-electron chi connectivity index (χ3n) is 6.14. The van der Waals surface area contributed by atoms with Crippen molar-refractivity contribution in [2.24, 2.45) is 4.99 Å². The number of hydrogen-bond donors (Lipinski definition) is 2. The molecule has 2 N–H and O–H groups in total. The second kappa shape index (κ2) is 12.5. The van der Waals surface area contributed by atoms with Crippen LogP contribution in [0.1, 0.15) is 37.8 Å². The molecule has 0 spiro atoms. The molecule has 1 amide bonds. The molecule has 0 radical (unpaired) electrons. The largest absolute Gasteiger partial charge is 0.493 e. The number of carbonyl (C=O) groups is 3. The third kappa shape index (κ3) is 6.53. The summed E-state index contributed by atoms with van der Waals surface area (Å²) in [5.41, 5.74) is 2.30. The third-order valence-corrected chi connectivity index (χ3v) is 7.15. The number of hydrogen-bond acceptors (Lipinski definition) is 8. The number of amidine groups is 1. The number of nitrogens with zero attached hydrogens (tertiary/aromatic N) is 2. The average Bonchev–Trinajstić information content (AvgIpc) is 3.58. The molecule has 1 fully saturated rings. The first-order valence-corrected chi connectivity index (χ1v) is 13.4. The smallest absolute Gasteiger partial charge is 0.371 e. The van der Waals surface area contributed by atoms with Crippen LogP contribution in [0, 0.1) is 0 Å². The van der Waals surface area contributed by atoms with E-state index in [4.69, 9.17) is 24.0 Å².